The average Bonchev–Trinajstić information content (AvgIpc) is 2.86. The molecule has 0 aliphatic rings. The lowest BCUT2D eigenvalue weighted by Crippen LogP contribution is -2.45. The zero-order chi connectivity index (χ0) is 14.3. The maximum absolute atomic E-state index is 4.28. The summed E-state index contributed by atoms with van der Waals surface area (Å²) in [5.41, 5.74) is 0. The van der Waals surface area contributed by atoms with Gasteiger partial charge < -0.3 is 10.6 Å². The van der Waals surface area contributed by atoms with Gasteiger partial charge >= 0.3 is 0 Å². The summed E-state index contributed by atoms with van der Waals surface area (Å²) in [6, 6.07) is 4.75. The third-order valence-electron chi connectivity index (χ3n) is 3.34. The van der Waals surface area contributed by atoms with E-state index in [1.807, 2.05) is 18.4 Å². The molecule has 0 bridgehead atoms. The molecule has 1 rings (SSSR count). The van der Waals surface area contributed by atoms with Gasteiger partial charge in [0.25, 0.3) is 0 Å². The number of nitrogens with zero attached hydrogens (tertiary/aromatic N) is 1. The van der Waals surface area contributed by atoms with Gasteiger partial charge in [0.15, 0.2) is 5.96 Å². The molecule has 1 aromatic rings. The Morgan fingerprint density at radius 1 is 1.32 bits per heavy atom. The molecule has 0 spiro atoms. The van der Waals surface area contributed by atoms with E-state index >= 15 is 0 Å². The molecule has 0 aromatic carbocycles. The molecular weight excluding hydrogens is 254 g/mol. The van der Waals surface area contributed by atoms with Crippen LogP contribution in [-0.2, 0) is 6.42 Å². The largest absolute Gasteiger partial charge is 0.356 e. The number of rotatable bonds is 6. The van der Waals surface area contributed by atoms with E-state index in [4.69, 9.17) is 0 Å². The number of thiophene rings is 1. The van der Waals surface area contributed by atoms with Crippen LogP contribution in [0.3, 0.4) is 0 Å². The lowest BCUT2D eigenvalue weighted by molar-refractivity contribution is 0.475. The van der Waals surface area contributed by atoms with Gasteiger partial charge in [0, 0.05) is 24.5 Å². The molecule has 0 aliphatic carbocycles. The van der Waals surface area contributed by atoms with Crippen molar-refractivity contribution in [2.45, 2.75) is 40.2 Å². The molecule has 0 radical (unpaired) electrons. The molecular formula is C15H27N3S. The molecule has 2 atom stereocenters. The lowest BCUT2D eigenvalue weighted by Gasteiger charge is -2.22. The molecule has 4 heteroatoms. The molecule has 0 fully saturated rings. The van der Waals surface area contributed by atoms with Gasteiger partial charge in [-0.2, -0.15) is 0 Å². The van der Waals surface area contributed by atoms with Crippen LogP contribution in [0.4, 0.5) is 0 Å². The van der Waals surface area contributed by atoms with Crippen LogP contribution in [0.5, 0.6) is 0 Å². The summed E-state index contributed by atoms with van der Waals surface area (Å²) in [6.45, 7) is 9.83. The van der Waals surface area contributed by atoms with E-state index in [0.717, 1.165) is 18.9 Å². The highest BCUT2D eigenvalue weighted by Gasteiger charge is 2.10. The van der Waals surface area contributed by atoms with Gasteiger partial charge in [-0.1, -0.05) is 26.8 Å². The Morgan fingerprint density at radius 2 is 2.05 bits per heavy atom. The van der Waals surface area contributed by atoms with Crippen LogP contribution in [0, 0.1) is 11.8 Å². The summed E-state index contributed by atoms with van der Waals surface area (Å²) < 4.78 is 0. The fourth-order valence-corrected chi connectivity index (χ4v) is 2.56. The van der Waals surface area contributed by atoms with Crippen molar-refractivity contribution in [1.82, 2.24) is 10.6 Å². The van der Waals surface area contributed by atoms with E-state index in [-0.39, 0.29) is 0 Å². The first-order valence-electron chi connectivity index (χ1n) is 7.02. The standard InChI is InChI=1S/C15H27N3S/c1-11(2)13(4)18-15(16-5)17-10-12(3)9-14-7-6-8-19-14/h6-8,11-13H,9-10H2,1-5H3,(H2,16,17,18). The van der Waals surface area contributed by atoms with E-state index in [1.165, 1.54) is 4.88 Å². The van der Waals surface area contributed by atoms with E-state index in [2.05, 4.69) is 60.8 Å². The van der Waals surface area contributed by atoms with Crippen molar-refractivity contribution >= 4 is 17.3 Å². The van der Waals surface area contributed by atoms with Crippen LogP contribution in [-0.4, -0.2) is 25.6 Å². The molecule has 2 unspecified atom stereocenters. The second-order valence-corrected chi connectivity index (χ2v) is 6.55. The minimum absolute atomic E-state index is 0.429. The molecule has 3 nitrogen and oxygen atoms in total. The lowest BCUT2D eigenvalue weighted by atomic mass is 10.1. The van der Waals surface area contributed by atoms with Crippen LogP contribution in [0.25, 0.3) is 0 Å². The van der Waals surface area contributed by atoms with Crippen molar-refractivity contribution in [2.24, 2.45) is 16.8 Å². The van der Waals surface area contributed by atoms with Crippen molar-refractivity contribution in [2.75, 3.05) is 13.6 Å². The highest BCUT2D eigenvalue weighted by Crippen LogP contribution is 2.13. The first-order valence-corrected chi connectivity index (χ1v) is 7.90. The molecule has 0 amide bonds. The quantitative estimate of drug-likeness (QED) is 0.621. The highest BCUT2D eigenvalue weighted by atomic mass is 32.1. The molecule has 0 aliphatic heterocycles. The zero-order valence-corrected chi connectivity index (χ0v) is 13.6. The SMILES string of the molecule is CN=C(NCC(C)Cc1cccs1)NC(C)C(C)C. The van der Waals surface area contributed by atoms with Crippen molar-refractivity contribution in [3.05, 3.63) is 22.4 Å². The number of hydrogen-bond donors (Lipinski definition) is 2. The first kappa shape index (κ1) is 16.0. The van der Waals surface area contributed by atoms with Crippen molar-refractivity contribution in [1.29, 1.82) is 0 Å². The van der Waals surface area contributed by atoms with E-state index in [0.29, 0.717) is 17.9 Å². The van der Waals surface area contributed by atoms with Gasteiger partial charge in [-0.3, -0.25) is 4.99 Å². The van der Waals surface area contributed by atoms with Gasteiger partial charge in [-0.05, 0) is 36.6 Å². The minimum Gasteiger partial charge on any atom is -0.356 e. The van der Waals surface area contributed by atoms with Gasteiger partial charge in [0.2, 0.25) is 0 Å². The van der Waals surface area contributed by atoms with E-state index < -0.39 is 0 Å². The summed E-state index contributed by atoms with van der Waals surface area (Å²) in [5.74, 6) is 2.10. The second-order valence-electron chi connectivity index (χ2n) is 5.52. The Hall–Kier alpha value is -1.03. The molecule has 19 heavy (non-hydrogen) atoms. The summed E-state index contributed by atoms with van der Waals surface area (Å²) in [5, 5.41) is 8.97. The molecule has 2 N–H and O–H groups in total. The van der Waals surface area contributed by atoms with Crippen LogP contribution in [0.1, 0.15) is 32.6 Å². The minimum atomic E-state index is 0.429. The third-order valence-corrected chi connectivity index (χ3v) is 4.23. The van der Waals surface area contributed by atoms with Crippen molar-refractivity contribution < 1.29 is 0 Å². The summed E-state index contributed by atoms with van der Waals surface area (Å²) in [7, 11) is 1.83. The number of hydrogen-bond acceptors (Lipinski definition) is 2. The zero-order valence-electron chi connectivity index (χ0n) is 12.7. The molecule has 108 valence electrons. The van der Waals surface area contributed by atoms with E-state index in [1.54, 1.807) is 0 Å². The molecule has 1 aromatic heterocycles. The smallest absolute Gasteiger partial charge is 0.191 e. The maximum atomic E-state index is 4.28. The first-order chi connectivity index (χ1) is 9.02. The van der Waals surface area contributed by atoms with Crippen LogP contribution < -0.4 is 10.6 Å². The Bertz CT molecular complexity index is 371. The fourth-order valence-electron chi connectivity index (χ4n) is 1.69. The molecule has 1 heterocycles. The second kappa shape index (κ2) is 8.20. The predicted molar refractivity (Wildman–Crippen MR) is 86.0 cm³/mol. The Kier molecular flexibility index (Phi) is 6.92. The van der Waals surface area contributed by atoms with Crippen molar-refractivity contribution in [3.63, 3.8) is 0 Å². The Morgan fingerprint density at radius 3 is 2.58 bits per heavy atom. The monoisotopic (exact) mass is 281 g/mol. The van der Waals surface area contributed by atoms with Gasteiger partial charge in [-0.15, -0.1) is 11.3 Å². The van der Waals surface area contributed by atoms with E-state index in [9.17, 15) is 0 Å². The maximum Gasteiger partial charge on any atom is 0.191 e. The van der Waals surface area contributed by atoms with Crippen molar-refractivity contribution in [3.8, 4) is 0 Å². The highest BCUT2D eigenvalue weighted by molar-refractivity contribution is 7.09. The van der Waals surface area contributed by atoms with Crippen LogP contribution in [0.15, 0.2) is 22.5 Å². The van der Waals surface area contributed by atoms with Crippen LogP contribution in [0.2, 0.25) is 0 Å². The third kappa shape index (κ3) is 6.10. The molecule has 0 saturated heterocycles. The van der Waals surface area contributed by atoms with Gasteiger partial charge in [0.05, 0.1) is 0 Å². The van der Waals surface area contributed by atoms with Crippen LogP contribution >= 0.6 is 11.3 Å². The summed E-state index contributed by atoms with van der Waals surface area (Å²) >= 11 is 1.83. The van der Waals surface area contributed by atoms with Gasteiger partial charge in [-0.25, -0.2) is 0 Å². The number of aliphatic imine (C=N–C) groups is 1. The molecule has 0 saturated carbocycles. The predicted octanol–water partition coefficient (Wildman–Crippen LogP) is 3.14. The summed E-state index contributed by atoms with van der Waals surface area (Å²) in [4.78, 5) is 5.73. The Balaban J connectivity index is 2.33. The van der Waals surface area contributed by atoms with Gasteiger partial charge in [0.1, 0.15) is 0 Å². The fraction of sp³-hybridized carbons (Fsp3) is 0.667. The average molecular weight is 281 g/mol. The topological polar surface area (TPSA) is 36.4 Å². The number of guanidine groups is 1. The normalized spacial score (nSPS) is 15.4. The Labute approximate surface area is 121 Å². The number of nitrogens with one attached hydrogen (secondary N) is 2. The summed E-state index contributed by atoms with van der Waals surface area (Å²) in [6.07, 6.45) is 1.13.